The molecule has 0 spiro atoms. The molecule has 0 amide bonds. The Balaban J connectivity index is 1.07. The summed E-state index contributed by atoms with van der Waals surface area (Å²) in [4.78, 5) is 4.69. The molecule has 1 unspecified atom stereocenters. The predicted octanol–water partition coefficient (Wildman–Crippen LogP) is 6.80. The lowest BCUT2D eigenvalue weighted by Crippen LogP contribution is -2.53. The van der Waals surface area contributed by atoms with Crippen molar-refractivity contribution in [1.29, 1.82) is 0 Å². The van der Waals surface area contributed by atoms with Crippen LogP contribution in [-0.4, -0.2) is 86.5 Å². The first kappa shape index (κ1) is 30.1. The normalized spacial score (nSPS) is 19.7. The molecule has 3 aliphatic rings. The average molecular weight is 727 g/mol. The van der Waals surface area contributed by atoms with Crippen molar-refractivity contribution in [3.05, 3.63) is 85.7 Å². The summed E-state index contributed by atoms with van der Waals surface area (Å²) in [6.07, 6.45) is 1.35. The van der Waals surface area contributed by atoms with Crippen LogP contribution in [0.2, 0.25) is 0 Å². The van der Waals surface area contributed by atoms with Gasteiger partial charge in [-0.3, -0.25) is 9.80 Å². The van der Waals surface area contributed by atoms with Crippen LogP contribution in [0.5, 0.6) is 0 Å². The van der Waals surface area contributed by atoms with Gasteiger partial charge in [0, 0.05) is 94.3 Å². The molecule has 11 heteroatoms. The Morgan fingerprint density at radius 3 is 2.07 bits per heavy atom. The van der Waals surface area contributed by atoms with Gasteiger partial charge in [0.2, 0.25) is 0 Å². The Labute approximate surface area is 273 Å². The first-order valence-corrected chi connectivity index (χ1v) is 16.8. The van der Waals surface area contributed by atoms with Crippen LogP contribution in [0, 0.1) is 13.8 Å². The molecule has 6 nitrogen and oxygen atoms in total. The number of allylic oxidation sites excluding steroid dienone is 2. The molecule has 3 aliphatic heterocycles. The van der Waals surface area contributed by atoms with Crippen molar-refractivity contribution in [3.8, 4) is 0 Å². The number of aromatic nitrogens is 2. The van der Waals surface area contributed by atoms with Gasteiger partial charge in [-0.15, -0.1) is 0 Å². The van der Waals surface area contributed by atoms with Crippen LogP contribution in [0.1, 0.15) is 30.8 Å². The summed E-state index contributed by atoms with van der Waals surface area (Å²) in [5.74, 6) is 0. The van der Waals surface area contributed by atoms with Crippen molar-refractivity contribution in [2.75, 3.05) is 39.3 Å². The van der Waals surface area contributed by atoms with Gasteiger partial charge in [-0.1, -0.05) is 31.9 Å². The van der Waals surface area contributed by atoms with Crippen LogP contribution in [0.15, 0.2) is 68.8 Å². The number of halogens is 4. The minimum atomic E-state index is -3.95. The van der Waals surface area contributed by atoms with Crippen LogP contribution in [0.3, 0.4) is 0 Å². The largest absolute Gasteiger partial charge is 0.737 e. The van der Waals surface area contributed by atoms with Crippen LogP contribution in [0.4, 0.5) is 8.63 Å². The van der Waals surface area contributed by atoms with Crippen molar-refractivity contribution in [2.45, 2.75) is 40.3 Å². The van der Waals surface area contributed by atoms with E-state index in [1.807, 2.05) is 38.1 Å². The Morgan fingerprint density at radius 1 is 0.864 bits per heavy atom. The van der Waals surface area contributed by atoms with Crippen LogP contribution >= 0.6 is 31.9 Å². The maximum atomic E-state index is 15.9. The van der Waals surface area contributed by atoms with Gasteiger partial charge in [-0.25, -0.2) is 0 Å². The molecule has 5 heterocycles. The van der Waals surface area contributed by atoms with Crippen molar-refractivity contribution in [1.82, 2.24) is 18.8 Å². The molecule has 0 aliphatic carbocycles. The molecule has 0 radical (unpaired) electrons. The maximum absolute atomic E-state index is 15.9. The van der Waals surface area contributed by atoms with E-state index in [4.69, 9.17) is 0 Å². The first-order valence-electron chi connectivity index (χ1n) is 15.2. The van der Waals surface area contributed by atoms with Crippen LogP contribution in [-0.2, 0) is 6.54 Å². The summed E-state index contributed by atoms with van der Waals surface area (Å²) in [5.41, 5.74) is 7.52. The van der Waals surface area contributed by atoms with Gasteiger partial charge in [0.25, 0.3) is 0 Å². The van der Waals surface area contributed by atoms with Gasteiger partial charge in [-0.05, 0) is 74.5 Å². The minimum Gasteiger partial charge on any atom is -0.393 e. The zero-order valence-electron chi connectivity index (χ0n) is 25.4. The number of hydrogen-bond donors (Lipinski definition) is 1. The van der Waals surface area contributed by atoms with E-state index in [1.54, 1.807) is 13.8 Å². The number of nitrogens with zero attached hydrogens (tertiary/aromatic N) is 5. The van der Waals surface area contributed by atoms with Gasteiger partial charge in [0.1, 0.15) is 5.71 Å². The quantitative estimate of drug-likeness (QED) is 0.223. The third kappa shape index (κ3) is 4.86. The zero-order chi connectivity index (χ0) is 31.1. The number of fused-ring (bicyclic) bond motifs is 5. The number of rotatable bonds is 6. The monoisotopic (exact) mass is 725 g/mol. The molecule has 4 aromatic rings. The number of aryl methyl sites for hydroxylation is 2. The fourth-order valence-electron chi connectivity index (χ4n) is 7.75. The summed E-state index contributed by atoms with van der Waals surface area (Å²) in [5, 5.41) is 13.6. The van der Waals surface area contributed by atoms with E-state index in [-0.39, 0.29) is 0 Å². The third-order valence-electron chi connectivity index (χ3n) is 9.53. The third-order valence-corrected chi connectivity index (χ3v) is 10.5. The molecular formula is C33H36BBr2F2N5O. The molecule has 1 N–H and O–H groups in total. The van der Waals surface area contributed by atoms with Gasteiger partial charge in [-0.2, -0.15) is 0 Å². The summed E-state index contributed by atoms with van der Waals surface area (Å²) < 4.78 is 38.7. The highest BCUT2D eigenvalue weighted by Gasteiger charge is 2.55. The van der Waals surface area contributed by atoms with Gasteiger partial charge >= 0.3 is 6.97 Å². The molecular weight excluding hydrogens is 691 g/mol. The highest BCUT2D eigenvalue weighted by molar-refractivity contribution is 9.10. The van der Waals surface area contributed by atoms with E-state index in [9.17, 15) is 5.11 Å². The molecule has 2 aromatic carbocycles. The predicted molar refractivity (Wildman–Crippen MR) is 183 cm³/mol. The summed E-state index contributed by atoms with van der Waals surface area (Å²) in [7, 11) is 0. The average Bonchev–Trinajstić information content (AvgIpc) is 3.55. The Kier molecular flexibility index (Phi) is 7.56. The number of aliphatic hydroxyl groups excluding tert-OH is 1. The van der Waals surface area contributed by atoms with Gasteiger partial charge in [0.15, 0.2) is 5.70 Å². The molecule has 7 rings (SSSR count). The highest BCUT2D eigenvalue weighted by Crippen LogP contribution is 2.42. The molecule has 2 aromatic heterocycles. The van der Waals surface area contributed by atoms with Gasteiger partial charge < -0.3 is 27.3 Å². The van der Waals surface area contributed by atoms with E-state index < -0.39 is 13.1 Å². The van der Waals surface area contributed by atoms with Crippen molar-refractivity contribution < 1.29 is 18.2 Å². The molecule has 0 bridgehead atoms. The maximum Gasteiger partial charge on any atom is 0.737 e. The number of aliphatic hydroxyl groups is 1. The lowest BCUT2D eigenvalue weighted by atomic mass is 9.86. The minimum absolute atomic E-state index is 0.503. The van der Waals surface area contributed by atoms with E-state index in [2.05, 4.69) is 70.5 Å². The molecule has 44 heavy (non-hydrogen) atoms. The second-order valence-corrected chi connectivity index (χ2v) is 14.4. The van der Waals surface area contributed by atoms with Crippen molar-refractivity contribution in [2.24, 2.45) is 0 Å². The second kappa shape index (κ2) is 11.1. The summed E-state index contributed by atoms with van der Waals surface area (Å²) in [6, 6.07) is 14.5. The van der Waals surface area contributed by atoms with E-state index in [0.29, 0.717) is 42.4 Å². The van der Waals surface area contributed by atoms with E-state index in [1.165, 1.54) is 8.96 Å². The Hall–Kier alpha value is -2.57. The fourth-order valence-corrected chi connectivity index (χ4v) is 8.47. The van der Waals surface area contributed by atoms with E-state index in [0.717, 1.165) is 73.6 Å². The highest BCUT2D eigenvalue weighted by atomic mass is 79.9. The molecule has 1 atom stereocenters. The SMILES string of the molecule is CC1=CC(C)=[N+]2C1=C(CN1CCN(CC(O)Cn3c4ccc(Br)cc4c4cc(Br)ccc43)CC1)c1c(C)cc(C)n1[B-]2(F)F. The smallest absolute Gasteiger partial charge is 0.393 e. The standard InChI is InChI=1S/C33H36BBr2F2N5O/c1-20-13-22(3)42-32(20)29(33-21(2)14-23(4)43(33)34(42,37)38)19-40-11-9-39(10-12-40)17-26(44)18-41-30-7-5-24(35)15-27(30)28-16-25(36)6-8-31(28)41/h5-8,13-16,26,44H,9-12,17-19H2,1-4H3. The topological polar surface area (TPSA) is 39.6 Å². The van der Waals surface area contributed by atoms with Gasteiger partial charge in [0.05, 0.1) is 18.2 Å². The summed E-state index contributed by atoms with van der Waals surface area (Å²) in [6.45, 7) is 8.45. The number of β-amino-alcohol motifs (C(OH)–C–C–N with tert-alkyl or cyclic N) is 1. The first-order chi connectivity index (χ1) is 20.9. The van der Waals surface area contributed by atoms with Crippen molar-refractivity contribution >= 4 is 71.9 Å². The fraction of sp³-hybridized carbons (Fsp3) is 0.364. The van der Waals surface area contributed by atoms with Crippen molar-refractivity contribution in [3.63, 3.8) is 0 Å². The molecule has 1 fully saturated rings. The van der Waals surface area contributed by atoms with Crippen LogP contribution in [0.25, 0.3) is 27.4 Å². The Bertz CT molecular complexity index is 1870. The van der Waals surface area contributed by atoms with Crippen LogP contribution < -0.4 is 0 Å². The second-order valence-electron chi connectivity index (χ2n) is 12.6. The van der Waals surface area contributed by atoms with E-state index >= 15 is 8.63 Å². The number of hydrogen-bond acceptors (Lipinski definition) is 3. The lowest BCUT2D eigenvalue weighted by molar-refractivity contribution is -0.363. The molecule has 230 valence electrons. The number of benzene rings is 2. The molecule has 0 saturated carbocycles. The molecule has 1 saturated heterocycles. The lowest BCUT2D eigenvalue weighted by Gasteiger charge is -2.38. The zero-order valence-corrected chi connectivity index (χ0v) is 28.6. The summed E-state index contributed by atoms with van der Waals surface area (Å²) >= 11 is 7.22. The number of piperazine rings is 1. The Morgan fingerprint density at radius 2 is 1.45 bits per heavy atom.